The van der Waals surface area contributed by atoms with Crippen LogP contribution in [0.4, 0.5) is 17.1 Å². The van der Waals surface area contributed by atoms with Gasteiger partial charge in [0.25, 0.3) is 0 Å². The highest BCUT2D eigenvalue weighted by molar-refractivity contribution is 5.55. The first-order valence-electron chi connectivity index (χ1n) is 9.01. The van der Waals surface area contributed by atoms with Gasteiger partial charge in [0.2, 0.25) is 0 Å². The molecule has 0 aliphatic rings. The Morgan fingerprint density at radius 1 is 0.593 bits per heavy atom. The lowest BCUT2D eigenvalue weighted by molar-refractivity contribution is 0.460. The molecule has 0 aromatic heterocycles. The van der Waals surface area contributed by atoms with Crippen LogP contribution in [0.1, 0.15) is 25.0 Å². The van der Waals surface area contributed by atoms with Crippen LogP contribution in [0.2, 0.25) is 0 Å². The molecule has 140 valence electrons. The van der Waals surface area contributed by atoms with Crippen molar-refractivity contribution < 1.29 is 9.47 Å². The molecule has 5 heteroatoms. The van der Waals surface area contributed by atoms with Crippen LogP contribution in [0.25, 0.3) is 0 Å². The summed E-state index contributed by atoms with van der Waals surface area (Å²) in [6, 6.07) is 16.6. The minimum atomic E-state index is 0.555. The Morgan fingerprint density at radius 2 is 1.04 bits per heavy atom. The van der Waals surface area contributed by atoms with E-state index in [9.17, 15) is 0 Å². The first-order chi connectivity index (χ1) is 13.0. The number of hydrogen-bond donors (Lipinski definition) is 3. The van der Waals surface area contributed by atoms with Crippen LogP contribution in [-0.4, -0.2) is 0 Å². The molecule has 3 rings (SSSR count). The number of ether oxygens (including phenoxy) is 2. The molecule has 6 N–H and O–H groups in total. The summed E-state index contributed by atoms with van der Waals surface area (Å²) in [5.74, 6) is 2.61. The third kappa shape index (κ3) is 4.44. The molecule has 0 fully saturated rings. The molecule has 5 nitrogen and oxygen atoms in total. The van der Waals surface area contributed by atoms with E-state index in [0.29, 0.717) is 28.7 Å². The van der Waals surface area contributed by atoms with E-state index in [4.69, 9.17) is 26.7 Å². The maximum absolute atomic E-state index is 6.03. The van der Waals surface area contributed by atoms with Crippen LogP contribution in [-0.2, 0) is 12.8 Å². The number of nitrogens with two attached hydrogens (primary N) is 3. The number of nitrogen functional groups attached to an aromatic ring is 3. The van der Waals surface area contributed by atoms with Crippen LogP contribution in [0.5, 0.6) is 23.0 Å². The monoisotopic (exact) mass is 363 g/mol. The van der Waals surface area contributed by atoms with Gasteiger partial charge in [-0.05, 0) is 60.4 Å². The standard InChI is InChI=1S/C22H25N3O2/c1-3-14-9-17(5-7-21(14)24)26-19-11-16(23)12-20(13-19)27-18-6-8-22(25)15(4-2)10-18/h5-13H,3-4,23-25H2,1-2H3. The molecule has 0 saturated heterocycles. The van der Waals surface area contributed by atoms with Crippen molar-refractivity contribution in [3.63, 3.8) is 0 Å². The number of anilines is 3. The van der Waals surface area contributed by atoms with Crippen molar-refractivity contribution >= 4 is 17.1 Å². The van der Waals surface area contributed by atoms with E-state index in [2.05, 4.69) is 13.8 Å². The highest BCUT2D eigenvalue weighted by Crippen LogP contribution is 2.33. The summed E-state index contributed by atoms with van der Waals surface area (Å²) in [4.78, 5) is 0. The van der Waals surface area contributed by atoms with E-state index in [-0.39, 0.29) is 0 Å². The molecule has 0 aliphatic carbocycles. The summed E-state index contributed by atoms with van der Waals surface area (Å²) in [5.41, 5.74) is 22.1. The van der Waals surface area contributed by atoms with E-state index < -0.39 is 0 Å². The van der Waals surface area contributed by atoms with Gasteiger partial charge in [-0.1, -0.05) is 13.8 Å². The number of hydrogen-bond acceptors (Lipinski definition) is 5. The lowest BCUT2D eigenvalue weighted by atomic mass is 10.1. The lowest BCUT2D eigenvalue weighted by Crippen LogP contribution is -1.96. The van der Waals surface area contributed by atoms with Gasteiger partial charge in [-0.15, -0.1) is 0 Å². The molecule has 0 heterocycles. The lowest BCUT2D eigenvalue weighted by Gasteiger charge is -2.13. The van der Waals surface area contributed by atoms with E-state index in [0.717, 1.165) is 35.3 Å². The van der Waals surface area contributed by atoms with Crippen LogP contribution >= 0.6 is 0 Å². The molecule has 0 aliphatic heterocycles. The van der Waals surface area contributed by atoms with Gasteiger partial charge in [0.15, 0.2) is 0 Å². The third-order valence-electron chi connectivity index (χ3n) is 4.36. The van der Waals surface area contributed by atoms with Gasteiger partial charge >= 0.3 is 0 Å². The van der Waals surface area contributed by atoms with Gasteiger partial charge in [-0.3, -0.25) is 0 Å². The first-order valence-corrected chi connectivity index (χ1v) is 9.01. The number of benzene rings is 3. The summed E-state index contributed by atoms with van der Waals surface area (Å²) in [6.07, 6.45) is 1.68. The Kier molecular flexibility index (Phi) is 5.41. The topological polar surface area (TPSA) is 96.5 Å². The minimum Gasteiger partial charge on any atom is -0.457 e. The maximum atomic E-state index is 6.03. The Hall–Kier alpha value is -3.34. The molecule has 0 saturated carbocycles. The summed E-state index contributed by atoms with van der Waals surface area (Å²) in [6.45, 7) is 4.11. The highest BCUT2D eigenvalue weighted by atomic mass is 16.5. The second-order valence-electron chi connectivity index (χ2n) is 6.37. The van der Waals surface area contributed by atoms with Gasteiger partial charge in [0.05, 0.1) is 0 Å². The van der Waals surface area contributed by atoms with Crippen molar-refractivity contribution in [2.45, 2.75) is 26.7 Å². The zero-order valence-electron chi connectivity index (χ0n) is 15.7. The van der Waals surface area contributed by atoms with E-state index >= 15 is 0 Å². The SMILES string of the molecule is CCc1cc(Oc2cc(N)cc(Oc3ccc(N)c(CC)c3)c2)ccc1N. The summed E-state index contributed by atoms with van der Waals surface area (Å²) >= 11 is 0. The van der Waals surface area contributed by atoms with E-state index in [1.807, 2.05) is 36.4 Å². The molecule has 0 atom stereocenters. The molecular formula is C22H25N3O2. The number of rotatable bonds is 6. The fourth-order valence-electron chi connectivity index (χ4n) is 2.89. The van der Waals surface area contributed by atoms with Crippen LogP contribution in [0.15, 0.2) is 54.6 Å². The normalized spacial score (nSPS) is 10.6. The highest BCUT2D eigenvalue weighted by Gasteiger charge is 2.07. The van der Waals surface area contributed by atoms with E-state index in [1.54, 1.807) is 18.2 Å². The Labute approximate surface area is 159 Å². The van der Waals surface area contributed by atoms with Crippen LogP contribution in [0.3, 0.4) is 0 Å². The Morgan fingerprint density at radius 3 is 1.44 bits per heavy atom. The summed E-state index contributed by atoms with van der Waals surface area (Å²) in [7, 11) is 0. The van der Waals surface area contributed by atoms with Crippen molar-refractivity contribution in [2.75, 3.05) is 17.2 Å². The molecule has 3 aromatic rings. The van der Waals surface area contributed by atoms with Crippen LogP contribution in [0, 0.1) is 0 Å². The molecular weight excluding hydrogens is 338 g/mol. The second-order valence-corrected chi connectivity index (χ2v) is 6.37. The van der Waals surface area contributed by atoms with Gasteiger partial charge in [-0.25, -0.2) is 0 Å². The zero-order valence-corrected chi connectivity index (χ0v) is 15.7. The predicted molar refractivity (Wildman–Crippen MR) is 111 cm³/mol. The van der Waals surface area contributed by atoms with Crippen molar-refractivity contribution in [3.8, 4) is 23.0 Å². The molecule has 0 amide bonds. The van der Waals surface area contributed by atoms with Gasteiger partial charge in [-0.2, -0.15) is 0 Å². The third-order valence-corrected chi connectivity index (χ3v) is 4.36. The van der Waals surface area contributed by atoms with Gasteiger partial charge < -0.3 is 26.7 Å². The molecule has 27 heavy (non-hydrogen) atoms. The van der Waals surface area contributed by atoms with Crippen molar-refractivity contribution in [3.05, 3.63) is 65.7 Å². The average molecular weight is 363 g/mol. The smallest absolute Gasteiger partial charge is 0.133 e. The largest absolute Gasteiger partial charge is 0.457 e. The van der Waals surface area contributed by atoms with Gasteiger partial charge in [0.1, 0.15) is 23.0 Å². The second kappa shape index (κ2) is 7.91. The zero-order chi connectivity index (χ0) is 19.4. The maximum Gasteiger partial charge on any atom is 0.133 e. The average Bonchev–Trinajstić information content (AvgIpc) is 2.64. The molecule has 0 unspecified atom stereocenters. The molecule has 0 bridgehead atoms. The first kappa shape index (κ1) is 18.5. The minimum absolute atomic E-state index is 0.555. The fourth-order valence-corrected chi connectivity index (χ4v) is 2.89. The summed E-state index contributed by atoms with van der Waals surface area (Å²) < 4.78 is 11.9. The van der Waals surface area contributed by atoms with Crippen molar-refractivity contribution in [2.24, 2.45) is 0 Å². The molecule has 0 radical (unpaired) electrons. The summed E-state index contributed by atoms with van der Waals surface area (Å²) in [5, 5.41) is 0. The fraction of sp³-hybridized carbons (Fsp3) is 0.182. The van der Waals surface area contributed by atoms with Crippen molar-refractivity contribution in [1.29, 1.82) is 0 Å². The van der Waals surface area contributed by atoms with Crippen molar-refractivity contribution in [1.82, 2.24) is 0 Å². The van der Waals surface area contributed by atoms with Gasteiger partial charge in [0, 0.05) is 35.3 Å². The number of aryl methyl sites for hydroxylation is 2. The molecule has 0 spiro atoms. The Balaban J connectivity index is 1.84. The molecule has 3 aromatic carbocycles. The van der Waals surface area contributed by atoms with E-state index in [1.165, 1.54) is 0 Å². The Bertz CT molecular complexity index is 881. The predicted octanol–water partition coefficient (Wildman–Crippen LogP) is 5.14. The quantitative estimate of drug-likeness (QED) is 0.527. The van der Waals surface area contributed by atoms with Crippen LogP contribution < -0.4 is 26.7 Å².